The molecule has 116 valence electrons. The van der Waals surface area contributed by atoms with Gasteiger partial charge in [0.1, 0.15) is 0 Å². The predicted molar refractivity (Wildman–Crippen MR) is 81.7 cm³/mol. The van der Waals surface area contributed by atoms with Crippen molar-refractivity contribution in [2.75, 3.05) is 0 Å². The molecule has 5 nitrogen and oxygen atoms in total. The van der Waals surface area contributed by atoms with Gasteiger partial charge in [0.25, 0.3) is 0 Å². The number of carbonyl (C=O) groups is 2. The van der Waals surface area contributed by atoms with Gasteiger partial charge in [-0.15, -0.1) is 0 Å². The van der Waals surface area contributed by atoms with Gasteiger partial charge in [0, 0.05) is 12.1 Å². The summed E-state index contributed by atoms with van der Waals surface area (Å²) in [5.41, 5.74) is 2.61. The van der Waals surface area contributed by atoms with Gasteiger partial charge in [0.05, 0.1) is 12.2 Å². The van der Waals surface area contributed by atoms with E-state index in [1.165, 1.54) is 11.8 Å². The number of nitrogens with one attached hydrogen (secondary N) is 1. The monoisotopic (exact) mass is 301 g/mol. The van der Waals surface area contributed by atoms with Gasteiger partial charge >= 0.3 is 5.97 Å². The Morgan fingerprint density at radius 3 is 2.50 bits per heavy atom. The lowest BCUT2D eigenvalue weighted by molar-refractivity contribution is -0.122. The van der Waals surface area contributed by atoms with Crippen molar-refractivity contribution >= 4 is 11.9 Å². The summed E-state index contributed by atoms with van der Waals surface area (Å²) in [7, 11) is 0. The molecule has 0 saturated carbocycles. The fraction of sp³-hybridized carbons (Fsp3) is 0.294. The Bertz CT molecular complexity index is 658. The molecule has 0 spiro atoms. The highest BCUT2D eigenvalue weighted by Gasteiger charge is 2.18. The minimum Gasteiger partial charge on any atom is -0.475 e. The highest BCUT2D eigenvalue weighted by Crippen LogP contribution is 2.17. The van der Waals surface area contributed by atoms with Crippen LogP contribution in [0.1, 0.15) is 47.0 Å². The van der Waals surface area contributed by atoms with Crippen LogP contribution >= 0.6 is 0 Å². The van der Waals surface area contributed by atoms with Crippen LogP contribution in [-0.2, 0) is 17.8 Å². The normalized spacial score (nSPS) is 11.9. The van der Waals surface area contributed by atoms with E-state index in [1.807, 2.05) is 31.2 Å². The molecule has 22 heavy (non-hydrogen) atoms. The van der Waals surface area contributed by atoms with Crippen molar-refractivity contribution in [1.82, 2.24) is 5.32 Å². The average Bonchev–Trinajstić information content (AvgIpc) is 3.00. The zero-order chi connectivity index (χ0) is 16.1. The number of aromatic carboxylic acids is 1. The fourth-order valence-corrected chi connectivity index (χ4v) is 2.19. The first-order valence-electron chi connectivity index (χ1n) is 7.19. The number of rotatable bonds is 6. The van der Waals surface area contributed by atoms with E-state index in [2.05, 4.69) is 12.2 Å². The van der Waals surface area contributed by atoms with Gasteiger partial charge in [0.15, 0.2) is 0 Å². The quantitative estimate of drug-likeness (QED) is 0.859. The van der Waals surface area contributed by atoms with Crippen LogP contribution in [0.2, 0.25) is 0 Å². The van der Waals surface area contributed by atoms with Gasteiger partial charge in [-0.25, -0.2) is 4.79 Å². The third-order valence-electron chi connectivity index (χ3n) is 3.68. The van der Waals surface area contributed by atoms with E-state index in [-0.39, 0.29) is 24.1 Å². The van der Waals surface area contributed by atoms with Gasteiger partial charge in [-0.05, 0) is 30.5 Å². The second kappa shape index (κ2) is 6.93. The maximum Gasteiger partial charge on any atom is 0.372 e. The highest BCUT2D eigenvalue weighted by atomic mass is 16.4. The number of aryl methyl sites for hydroxylation is 1. The maximum atomic E-state index is 12.2. The molecule has 2 rings (SSSR count). The Hall–Kier alpha value is -2.56. The Morgan fingerprint density at radius 1 is 1.23 bits per heavy atom. The number of carbonyl (C=O) groups excluding carboxylic acids is 1. The number of benzene rings is 1. The minimum atomic E-state index is -1.14. The van der Waals surface area contributed by atoms with Crippen LogP contribution in [0.4, 0.5) is 0 Å². The molecule has 0 radical (unpaired) electrons. The average molecular weight is 301 g/mol. The number of hydrogen-bond acceptors (Lipinski definition) is 3. The van der Waals surface area contributed by atoms with Crippen LogP contribution in [0.15, 0.2) is 41.0 Å². The predicted octanol–water partition coefficient (Wildman–Crippen LogP) is 2.96. The van der Waals surface area contributed by atoms with Gasteiger partial charge < -0.3 is 14.8 Å². The lowest BCUT2D eigenvalue weighted by atomic mass is 9.98. The maximum absolute atomic E-state index is 12.2. The van der Waals surface area contributed by atoms with Crippen LogP contribution in [0.5, 0.6) is 0 Å². The first-order valence-corrected chi connectivity index (χ1v) is 7.19. The number of hydrogen-bond donors (Lipinski definition) is 2. The summed E-state index contributed by atoms with van der Waals surface area (Å²) >= 11 is 0. The first kappa shape index (κ1) is 15.8. The number of furan rings is 1. The van der Waals surface area contributed by atoms with Crippen molar-refractivity contribution in [2.45, 2.75) is 32.7 Å². The summed E-state index contributed by atoms with van der Waals surface area (Å²) in [6.45, 7) is 4.04. The van der Waals surface area contributed by atoms with E-state index in [4.69, 9.17) is 9.52 Å². The van der Waals surface area contributed by atoms with Gasteiger partial charge in [-0.1, -0.05) is 31.2 Å². The lowest BCUT2D eigenvalue weighted by Gasteiger charge is -2.13. The van der Waals surface area contributed by atoms with Crippen molar-refractivity contribution in [2.24, 2.45) is 0 Å². The topological polar surface area (TPSA) is 79.5 Å². The Labute approximate surface area is 129 Å². The summed E-state index contributed by atoms with van der Waals surface area (Å²) in [6, 6.07) is 9.47. The highest BCUT2D eigenvalue weighted by molar-refractivity contribution is 5.87. The summed E-state index contributed by atoms with van der Waals surface area (Å²) in [5, 5.41) is 11.7. The number of amides is 1. The van der Waals surface area contributed by atoms with Crippen molar-refractivity contribution in [3.63, 3.8) is 0 Å². The zero-order valence-electron chi connectivity index (χ0n) is 12.6. The van der Waals surface area contributed by atoms with Gasteiger partial charge in [-0.2, -0.15) is 0 Å². The molecule has 1 amide bonds. The molecule has 0 aliphatic rings. The van der Waals surface area contributed by atoms with E-state index < -0.39 is 5.97 Å². The summed E-state index contributed by atoms with van der Waals surface area (Å²) in [6.07, 6.45) is 2.26. The molecular weight excluding hydrogens is 282 g/mol. The van der Waals surface area contributed by atoms with E-state index >= 15 is 0 Å². The molecule has 0 bridgehead atoms. The van der Waals surface area contributed by atoms with E-state index in [0.29, 0.717) is 5.56 Å². The van der Waals surface area contributed by atoms with Crippen molar-refractivity contribution in [3.8, 4) is 0 Å². The Morgan fingerprint density at radius 2 is 1.91 bits per heavy atom. The van der Waals surface area contributed by atoms with Crippen LogP contribution in [0.3, 0.4) is 0 Å². The first-order chi connectivity index (χ1) is 10.5. The molecule has 0 saturated heterocycles. The molecule has 5 heteroatoms. The fourth-order valence-electron chi connectivity index (χ4n) is 2.19. The second-order valence-corrected chi connectivity index (χ2v) is 5.11. The molecule has 1 aromatic heterocycles. The SMILES string of the molecule is CCc1ccc(C(C)C(=O)NCc2ccoc2C(=O)O)cc1. The number of carboxylic acids is 1. The molecule has 0 fully saturated rings. The Kier molecular flexibility index (Phi) is 4.99. The van der Waals surface area contributed by atoms with Crippen LogP contribution in [-0.4, -0.2) is 17.0 Å². The second-order valence-electron chi connectivity index (χ2n) is 5.11. The summed E-state index contributed by atoms with van der Waals surface area (Å²) in [5.74, 6) is -1.73. The molecule has 1 heterocycles. The molecule has 0 aliphatic heterocycles. The van der Waals surface area contributed by atoms with E-state index in [1.54, 1.807) is 6.07 Å². The van der Waals surface area contributed by atoms with E-state index in [9.17, 15) is 9.59 Å². The third kappa shape index (κ3) is 3.55. The van der Waals surface area contributed by atoms with Crippen molar-refractivity contribution in [3.05, 3.63) is 59.0 Å². The van der Waals surface area contributed by atoms with Gasteiger partial charge in [-0.3, -0.25) is 4.79 Å². The summed E-state index contributed by atoms with van der Waals surface area (Å²) in [4.78, 5) is 23.1. The van der Waals surface area contributed by atoms with Crippen molar-refractivity contribution < 1.29 is 19.1 Å². The minimum absolute atomic E-state index is 0.133. The number of carboxylic acid groups (broad SMARTS) is 1. The van der Waals surface area contributed by atoms with Crippen molar-refractivity contribution in [1.29, 1.82) is 0 Å². The zero-order valence-corrected chi connectivity index (χ0v) is 12.6. The largest absolute Gasteiger partial charge is 0.475 e. The molecular formula is C17H19NO4. The summed E-state index contributed by atoms with van der Waals surface area (Å²) < 4.78 is 4.88. The molecule has 2 aromatic rings. The third-order valence-corrected chi connectivity index (χ3v) is 3.68. The lowest BCUT2D eigenvalue weighted by Crippen LogP contribution is -2.28. The molecule has 1 aromatic carbocycles. The molecule has 1 unspecified atom stereocenters. The Balaban J connectivity index is 1.99. The molecule has 0 aliphatic carbocycles. The van der Waals surface area contributed by atoms with Gasteiger partial charge in [0.2, 0.25) is 11.7 Å². The van der Waals surface area contributed by atoms with E-state index in [0.717, 1.165) is 12.0 Å². The smallest absolute Gasteiger partial charge is 0.372 e. The molecule has 1 atom stereocenters. The van der Waals surface area contributed by atoms with Crippen LogP contribution < -0.4 is 5.32 Å². The standard InChI is InChI=1S/C17H19NO4/c1-3-12-4-6-13(7-5-12)11(2)16(19)18-10-14-8-9-22-15(14)17(20)21/h4-9,11H,3,10H2,1-2H3,(H,18,19)(H,20,21). The molecule has 2 N–H and O–H groups in total. The van der Waals surface area contributed by atoms with Crippen LogP contribution in [0.25, 0.3) is 0 Å². The van der Waals surface area contributed by atoms with Crippen LogP contribution in [0, 0.1) is 0 Å².